The van der Waals surface area contributed by atoms with Gasteiger partial charge in [-0.2, -0.15) is 0 Å². The number of hydrogen-bond donors (Lipinski definition) is 0. The van der Waals surface area contributed by atoms with E-state index in [0.29, 0.717) is 5.92 Å². The van der Waals surface area contributed by atoms with Crippen molar-refractivity contribution in [2.24, 2.45) is 5.92 Å². The second-order valence-corrected chi connectivity index (χ2v) is 4.93. The molecule has 0 spiro atoms. The first-order valence-electron chi connectivity index (χ1n) is 5.23. The standard InChI is InChI=1S/C12H19NS/c1-5-6-9(2)10(3)7-12-8-14-11(4)13-12/h7-9H,5-6H2,1-4H3/b10-7+/t9-/m0/s1. The maximum atomic E-state index is 4.44. The molecule has 1 nitrogen and oxygen atoms in total. The number of thiazole rings is 1. The molecular formula is C12H19NS. The van der Waals surface area contributed by atoms with E-state index in [4.69, 9.17) is 0 Å². The van der Waals surface area contributed by atoms with E-state index in [0.717, 1.165) is 10.7 Å². The molecule has 0 N–H and O–H groups in total. The zero-order valence-corrected chi connectivity index (χ0v) is 10.3. The highest BCUT2D eigenvalue weighted by molar-refractivity contribution is 7.09. The van der Waals surface area contributed by atoms with Gasteiger partial charge < -0.3 is 0 Å². The molecule has 0 aromatic carbocycles. The fraction of sp³-hybridized carbons (Fsp3) is 0.583. The van der Waals surface area contributed by atoms with Crippen molar-refractivity contribution in [1.82, 2.24) is 4.98 Å². The summed E-state index contributed by atoms with van der Waals surface area (Å²) in [6, 6.07) is 0. The van der Waals surface area contributed by atoms with E-state index in [1.807, 2.05) is 6.92 Å². The van der Waals surface area contributed by atoms with Gasteiger partial charge in [0.2, 0.25) is 0 Å². The van der Waals surface area contributed by atoms with E-state index in [1.165, 1.54) is 18.4 Å². The zero-order valence-electron chi connectivity index (χ0n) is 9.50. The van der Waals surface area contributed by atoms with Crippen LogP contribution in [0.25, 0.3) is 6.08 Å². The van der Waals surface area contributed by atoms with Gasteiger partial charge in [0.1, 0.15) is 0 Å². The van der Waals surface area contributed by atoms with Crippen LogP contribution in [0.5, 0.6) is 0 Å². The van der Waals surface area contributed by atoms with Crippen molar-refractivity contribution in [2.75, 3.05) is 0 Å². The zero-order chi connectivity index (χ0) is 10.6. The van der Waals surface area contributed by atoms with Crippen LogP contribution in [0.3, 0.4) is 0 Å². The summed E-state index contributed by atoms with van der Waals surface area (Å²) in [6.07, 6.45) is 4.73. The Hall–Kier alpha value is -0.630. The maximum absolute atomic E-state index is 4.44. The van der Waals surface area contributed by atoms with Gasteiger partial charge >= 0.3 is 0 Å². The van der Waals surface area contributed by atoms with Crippen molar-refractivity contribution in [3.63, 3.8) is 0 Å². The van der Waals surface area contributed by atoms with E-state index in [1.54, 1.807) is 11.3 Å². The molecule has 0 bridgehead atoms. The van der Waals surface area contributed by atoms with Crippen LogP contribution >= 0.6 is 11.3 Å². The first-order valence-corrected chi connectivity index (χ1v) is 6.11. The number of nitrogens with zero attached hydrogens (tertiary/aromatic N) is 1. The molecule has 2 heteroatoms. The van der Waals surface area contributed by atoms with Crippen LogP contribution in [0.4, 0.5) is 0 Å². The summed E-state index contributed by atoms with van der Waals surface area (Å²) < 4.78 is 0. The van der Waals surface area contributed by atoms with Gasteiger partial charge in [0.05, 0.1) is 10.7 Å². The van der Waals surface area contributed by atoms with Crippen molar-refractivity contribution < 1.29 is 0 Å². The Morgan fingerprint density at radius 3 is 2.86 bits per heavy atom. The molecular weight excluding hydrogens is 190 g/mol. The van der Waals surface area contributed by atoms with E-state index in [-0.39, 0.29) is 0 Å². The van der Waals surface area contributed by atoms with Gasteiger partial charge in [0, 0.05) is 5.38 Å². The molecule has 0 radical (unpaired) electrons. The van der Waals surface area contributed by atoms with E-state index >= 15 is 0 Å². The number of rotatable bonds is 4. The smallest absolute Gasteiger partial charge is 0.0901 e. The molecule has 0 aliphatic carbocycles. The second-order valence-electron chi connectivity index (χ2n) is 3.87. The monoisotopic (exact) mass is 209 g/mol. The number of aryl methyl sites for hydroxylation is 1. The van der Waals surface area contributed by atoms with Gasteiger partial charge in [0.15, 0.2) is 0 Å². The van der Waals surface area contributed by atoms with Gasteiger partial charge in [-0.3, -0.25) is 0 Å². The van der Waals surface area contributed by atoms with Crippen molar-refractivity contribution in [2.45, 2.75) is 40.5 Å². The minimum Gasteiger partial charge on any atom is -0.242 e. The van der Waals surface area contributed by atoms with Crippen LogP contribution in [0, 0.1) is 12.8 Å². The molecule has 0 saturated carbocycles. The van der Waals surface area contributed by atoms with Crippen LogP contribution in [0.15, 0.2) is 11.0 Å². The quantitative estimate of drug-likeness (QED) is 0.721. The van der Waals surface area contributed by atoms with Crippen molar-refractivity contribution >= 4 is 17.4 Å². The molecule has 1 rings (SSSR count). The highest BCUT2D eigenvalue weighted by Crippen LogP contribution is 2.19. The van der Waals surface area contributed by atoms with Crippen LogP contribution < -0.4 is 0 Å². The molecule has 0 fully saturated rings. The molecule has 1 aromatic heterocycles. The van der Waals surface area contributed by atoms with Crippen molar-refractivity contribution in [3.05, 3.63) is 21.7 Å². The second kappa shape index (κ2) is 5.30. The molecule has 1 atom stereocenters. The topological polar surface area (TPSA) is 12.9 Å². The van der Waals surface area contributed by atoms with Crippen molar-refractivity contribution in [1.29, 1.82) is 0 Å². The largest absolute Gasteiger partial charge is 0.242 e. The molecule has 0 aliphatic heterocycles. The molecule has 1 aromatic rings. The summed E-state index contributed by atoms with van der Waals surface area (Å²) in [5.74, 6) is 0.682. The van der Waals surface area contributed by atoms with E-state index < -0.39 is 0 Å². The highest BCUT2D eigenvalue weighted by atomic mass is 32.1. The van der Waals surface area contributed by atoms with Crippen molar-refractivity contribution in [3.8, 4) is 0 Å². The lowest BCUT2D eigenvalue weighted by Gasteiger charge is -2.09. The van der Waals surface area contributed by atoms with Gasteiger partial charge in [-0.25, -0.2) is 4.98 Å². The number of aromatic nitrogens is 1. The Balaban J connectivity index is 2.67. The van der Waals surface area contributed by atoms with E-state index in [9.17, 15) is 0 Å². The Morgan fingerprint density at radius 1 is 1.64 bits per heavy atom. The normalized spacial score (nSPS) is 14.4. The molecule has 0 aliphatic rings. The molecule has 78 valence electrons. The van der Waals surface area contributed by atoms with Gasteiger partial charge in [-0.05, 0) is 32.3 Å². The van der Waals surface area contributed by atoms with Crippen LogP contribution in [-0.4, -0.2) is 4.98 Å². The van der Waals surface area contributed by atoms with Crippen LogP contribution in [0.1, 0.15) is 44.3 Å². The average Bonchev–Trinajstić information content (AvgIpc) is 2.51. The first-order chi connectivity index (χ1) is 6.63. The van der Waals surface area contributed by atoms with Crippen LogP contribution in [-0.2, 0) is 0 Å². The summed E-state index contributed by atoms with van der Waals surface area (Å²) in [7, 11) is 0. The predicted octanol–water partition coefficient (Wildman–Crippen LogP) is 4.29. The fourth-order valence-electron chi connectivity index (χ4n) is 1.48. The highest BCUT2D eigenvalue weighted by Gasteiger charge is 2.03. The van der Waals surface area contributed by atoms with Gasteiger partial charge in [-0.15, -0.1) is 11.3 Å². The van der Waals surface area contributed by atoms with E-state index in [2.05, 4.69) is 37.2 Å². The molecule has 14 heavy (non-hydrogen) atoms. The average molecular weight is 209 g/mol. The molecule has 1 heterocycles. The predicted molar refractivity (Wildman–Crippen MR) is 64.6 cm³/mol. The Labute approximate surface area is 90.9 Å². The summed E-state index contributed by atoms with van der Waals surface area (Å²) in [5.41, 5.74) is 2.56. The van der Waals surface area contributed by atoms with Gasteiger partial charge in [-0.1, -0.05) is 25.8 Å². The lowest BCUT2D eigenvalue weighted by Crippen LogP contribution is -1.95. The SMILES string of the molecule is CCC[C@H](C)/C(C)=C/c1csc(C)n1. The first kappa shape index (κ1) is 11.4. The minimum atomic E-state index is 0.682. The molecule has 0 amide bonds. The summed E-state index contributed by atoms with van der Waals surface area (Å²) >= 11 is 1.72. The summed E-state index contributed by atoms with van der Waals surface area (Å²) in [5, 5.41) is 3.27. The van der Waals surface area contributed by atoms with Gasteiger partial charge in [0.25, 0.3) is 0 Å². The maximum Gasteiger partial charge on any atom is 0.0901 e. The number of hydrogen-bond acceptors (Lipinski definition) is 2. The number of allylic oxidation sites excluding steroid dienone is 1. The Kier molecular flexibility index (Phi) is 4.33. The third-order valence-corrected chi connectivity index (χ3v) is 3.30. The summed E-state index contributed by atoms with van der Waals surface area (Å²) in [4.78, 5) is 4.44. The molecule has 0 saturated heterocycles. The fourth-order valence-corrected chi connectivity index (χ4v) is 2.05. The third-order valence-electron chi connectivity index (χ3n) is 2.51. The Morgan fingerprint density at radius 2 is 2.36 bits per heavy atom. The minimum absolute atomic E-state index is 0.682. The Bertz CT molecular complexity index is 312. The summed E-state index contributed by atoms with van der Waals surface area (Å²) in [6.45, 7) is 8.77. The lowest BCUT2D eigenvalue weighted by molar-refractivity contribution is 0.605. The lowest BCUT2D eigenvalue weighted by atomic mass is 9.97. The van der Waals surface area contributed by atoms with Crippen LogP contribution in [0.2, 0.25) is 0 Å². The third kappa shape index (κ3) is 3.26. The molecule has 0 unspecified atom stereocenters.